The van der Waals surface area contributed by atoms with Gasteiger partial charge in [0.2, 0.25) is 10.0 Å². The van der Waals surface area contributed by atoms with E-state index in [9.17, 15) is 8.42 Å². The Morgan fingerprint density at radius 2 is 1.71 bits per heavy atom. The largest absolute Gasteiger partial charge is 0.320 e. The number of hydrogen-bond donors (Lipinski definition) is 2. The number of hydrogen-bond acceptors (Lipinski definition) is 3. The van der Waals surface area contributed by atoms with Crippen LogP contribution < -0.4 is 10.0 Å². The molecule has 0 fully saturated rings. The standard InChI is InChI=1S/C15H26N2O2S.ClH/c1-13(2)5-6-14-7-9-15(10-8-14)20(18,19)17-12-4-11-16-3;/h7-10,13,16-17H,4-6,11-12H2,1-3H3;1H. The summed E-state index contributed by atoms with van der Waals surface area (Å²) >= 11 is 0. The van der Waals surface area contributed by atoms with E-state index in [0.29, 0.717) is 17.4 Å². The molecule has 1 aromatic rings. The van der Waals surface area contributed by atoms with Gasteiger partial charge in [-0.25, -0.2) is 13.1 Å². The molecule has 4 nitrogen and oxygen atoms in total. The lowest BCUT2D eigenvalue weighted by molar-refractivity contribution is 0.576. The van der Waals surface area contributed by atoms with Gasteiger partial charge in [-0.1, -0.05) is 26.0 Å². The molecule has 0 aliphatic carbocycles. The van der Waals surface area contributed by atoms with E-state index in [1.54, 1.807) is 12.1 Å². The van der Waals surface area contributed by atoms with Crippen molar-refractivity contribution in [2.45, 2.75) is 38.0 Å². The molecule has 0 aromatic heterocycles. The second-order valence-corrected chi connectivity index (χ2v) is 7.20. The molecule has 6 heteroatoms. The van der Waals surface area contributed by atoms with Crippen LogP contribution in [0.1, 0.15) is 32.3 Å². The average molecular weight is 335 g/mol. The smallest absolute Gasteiger partial charge is 0.240 e. The Morgan fingerprint density at radius 1 is 1.10 bits per heavy atom. The van der Waals surface area contributed by atoms with Gasteiger partial charge in [0.15, 0.2) is 0 Å². The molecule has 0 radical (unpaired) electrons. The normalized spacial score (nSPS) is 11.4. The highest BCUT2D eigenvalue weighted by Crippen LogP contribution is 2.13. The Labute approximate surface area is 135 Å². The van der Waals surface area contributed by atoms with Gasteiger partial charge in [-0.2, -0.15) is 0 Å². The Bertz CT molecular complexity index is 487. The van der Waals surface area contributed by atoms with Gasteiger partial charge in [0.05, 0.1) is 4.90 Å². The quantitative estimate of drug-likeness (QED) is 0.682. The Morgan fingerprint density at radius 3 is 2.24 bits per heavy atom. The van der Waals surface area contributed by atoms with Crippen molar-refractivity contribution in [1.82, 2.24) is 10.0 Å². The zero-order chi connectivity index (χ0) is 15.0. The first-order valence-corrected chi connectivity index (χ1v) is 8.67. The van der Waals surface area contributed by atoms with Gasteiger partial charge in [-0.05, 0) is 56.5 Å². The molecule has 0 heterocycles. The van der Waals surface area contributed by atoms with E-state index in [2.05, 4.69) is 23.9 Å². The highest BCUT2D eigenvalue weighted by Gasteiger charge is 2.12. The third kappa shape index (κ3) is 7.81. The van der Waals surface area contributed by atoms with Gasteiger partial charge in [0, 0.05) is 6.54 Å². The molecule has 0 amide bonds. The topological polar surface area (TPSA) is 58.2 Å². The second-order valence-electron chi connectivity index (χ2n) is 5.43. The predicted molar refractivity (Wildman–Crippen MR) is 90.6 cm³/mol. The average Bonchev–Trinajstić information content (AvgIpc) is 2.42. The molecular formula is C15H27ClN2O2S. The molecule has 0 saturated heterocycles. The van der Waals surface area contributed by atoms with Gasteiger partial charge >= 0.3 is 0 Å². The number of halogens is 1. The van der Waals surface area contributed by atoms with Crippen molar-refractivity contribution in [3.8, 4) is 0 Å². The number of sulfonamides is 1. The monoisotopic (exact) mass is 334 g/mol. The first-order valence-electron chi connectivity index (χ1n) is 7.19. The molecular weight excluding hydrogens is 308 g/mol. The summed E-state index contributed by atoms with van der Waals surface area (Å²) < 4.78 is 26.7. The maximum atomic E-state index is 12.0. The maximum absolute atomic E-state index is 12.0. The van der Waals surface area contributed by atoms with Crippen LogP contribution in [0.5, 0.6) is 0 Å². The van der Waals surface area contributed by atoms with Gasteiger partial charge in [-0.15, -0.1) is 12.4 Å². The number of aryl methyl sites for hydroxylation is 1. The minimum Gasteiger partial charge on any atom is -0.320 e. The van der Waals surface area contributed by atoms with Crippen LogP contribution in [0, 0.1) is 5.92 Å². The zero-order valence-corrected chi connectivity index (χ0v) is 14.7. The summed E-state index contributed by atoms with van der Waals surface area (Å²) in [5.41, 5.74) is 1.19. The predicted octanol–water partition coefficient (Wildman–Crippen LogP) is 2.58. The SMILES string of the molecule is CNCCCNS(=O)(=O)c1ccc(CCC(C)C)cc1.Cl. The summed E-state index contributed by atoms with van der Waals surface area (Å²) in [7, 11) is -1.51. The molecule has 0 unspecified atom stereocenters. The first-order chi connectivity index (χ1) is 9.45. The fraction of sp³-hybridized carbons (Fsp3) is 0.600. The van der Waals surface area contributed by atoms with E-state index in [1.807, 2.05) is 19.2 Å². The molecule has 1 rings (SSSR count). The molecule has 0 bridgehead atoms. The first kappa shape index (κ1) is 20.4. The molecule has 1 aromatic carbocycles. The van der Waals surface area contributed by atoms with Crippen LogP contribution in [0.2, 0.25) is 0 Å². The van der Waals surface area contributed by atoms with Crippen LogP contribution in [0.25, 0.3) is 0 Å². The van der Waals surface area contributed by atoms with Crippen molar-refractivity contribution in [1.29, 1.82) is 0 Å². The van der Waals surface area contributed by atoms with E-state index in [0.717, 1.165) is 25.8 Å². The Balaban J connectivity index is 0.00000400. The van der Waals surface area contributed by atoms with Crippen LogP contribution in [-0.4, -0.2) is 28.6 Å². The van der Waals surface area contributed by atoms with Gasteiger partial charge in [0.25, 0.3) is 0 Å². The molecule has 0 spiro atoms. The summed E-state index contributed by atoms with van der Waals surface area (Å²) in [6.07, 6.45) is 2.89. The Hall–Kier alpha value is -0.620. The minimum absolute atomic E-state index is 0. The van der Waals surface area contributed by atoms with Crippen molar-refractivity contribution < 1.29 is 8.42 Å². The van der Waals surface area contributed by atoms with Crippen molar-refractivity contribution in [3.63, 3.8) is 0 Å². The number of benzene rings is 1. The fourth-order valence-corrected chi connectivity index (χ4v) is 2.92. The molecule has 0 atom stereocenters. The van der Waals surface area contributed by atoms with Crippen LogP contribution >= 0.6 is 12.4 Å². The highest BCUT2D eigenvalue weighted by molar-refractivity contribution is 7.89. The molecule has 0 aliphatic rings. The summed E-state index contributed by atoms with van der Waals surface area (Å²) in [6, 6.07) is 7.20. The lowest BCUT2D eigenvalue weighted by Gasteiger charge is -2.08. The second kappa shape index (κ2) is 10.2. The van der Waals surface area contributed by atoms with E-state index in [1.165, 1.54) is 5.56 Å². The molecule has 0 aliphatic heterocycles. The Kier molecular flexibility index (Phi) is 9.86. The summed E-state index contributed by atoms with van der Waals surface area (Å²) in [5, 5.41) is 2.99. The number of rotatable bonds is 9. The lowest BCUT2D eigenvalue weighted by atomic mass is 10.0. The third-order valence-electron chi connectivity index (χ3n) is 3.14. The van der Waals surface area contributed by atoms with E-state index < -0.39 is 10.0 Å². The lowest BCUT2D eigenvalue weighted by Crippen LogP contribution is -2.26. The minimum atomic E-state index is -3.37. The van der Waals surface area contributed by atoms with E-state index in [4.69, 9.17) is 0 Å². The van der Waals surface area contributed by atoms with Crippen LogP contribution in [0.3, 0.4) is 0 Å². The van der Waals surface area contributed by atoms with Gasteiger partial charge < -0.3 is 5.32 Å². The summed E-state index contributed by atoms with van der Waals surface area (Å²) in [5.74, 6) is 0.659. The van der Waals surface area contributed by atoms with Gasteiger partial charge in [-0.3, -0.25) is 0 Å². The van der Waals surface area contributed by atoms with E-state index >= 15 is 0 Å². The summed E-state index contributed by atoms with van der Waals surface area (Å²) in [4.78, 5) is 0.343. The van der Waals surface area contributed by atoms with Crippen molar-refractivity contribution in [2.75, 3.05) is 20.1 Å². The highest BCUT2D eigenvalue weighted by atomic mass is 35.5. The van der Waals surface area contributed by atoms with Crippen molar-refractivity contribution >= 4 is 22.4 Å². The van der Waals surface area contributed by atoms with Crippen LogP contribution in [0.15, 0.2) is 29.2 Å². The van der Waals surface area contributed by atoms with E-state index in [-0.39, 0.29) is 12.4 Å². The number of nitrogens with one attached hydrogen (secondary N) is 2. The molecule has 0 saturated carbocycles. The zero-order valence-electron chi connectivity index (χ0n) is 13.1. The van der Waals surface area contributed by atoms with Crippen molar-refractivity contribution in [3.05, 3.63) is 29.8 Å². The molecule has 21 heavy (non-hydrogen) atoms. The fourth-order valence-electron chi connectivity index (χ4n) is 1.85. The van der Waals surface area contributed by atoms with Crippen molar-refractivity contribution in [2.24, 2.45) is 5.92 Å². The van der Waals surface area contributed by atoms with Crippen LogP contribution in [-0.2, 0) is 16.4 Å². The maximum Gasteiger partial charge on any atom is 0.240 e. The van der Waals surface area contributed by atoms with Crippen LogP contribution in [0.4, 0.5) is 0 Å². The molecule has 122 valence electrons. The third-order valence-corrected chi connectivity index (χ3v) is 4.62. The molecule has 2 N–H and O–H groups in total. The summed E-state index contributed by atoms with van der Waals surface area (Å²) in [6.45, 7) is 5.64. The van der Waals surface area contributed by atoms with Gasteiger partial charge in [0.1, 0.15) is 0 Å².